The number of ether oxygens (including phenoxy) is 1. The lowest BCUT2D eigenvalue weighted by atomic mass is 9.95. The minimum Gasteiger partial charge on any atom is -0.379 e. The lowest BCUT2D eigenvalue weighted by molar-refractivity contribution is -0.134. The molecule has 148 valence electrons. The number of morpholine rings is 1. The Morgan fingerprint density at radius 2 is 1.85 bits per heavy atom. The smallest absolute Gasteiger partial charge is 0.223 e. The molecular formula is C20H28ClN3O3. The average Bonchev–Trinajstić information content (AvgIpc) is 2.70. The van der Waals surface area contributed by atoms with Crippen LogP contribution in [-0.2, 0) is 14.3 Å². The summed E-state index contributed by atoms with van der Waals surface area (Å²) in [6, 6.07) is 7.85. The van der Waals surface area contributed by atoms with Crippen molar-refractivity contribution in [2.75, 3.05) is 45.9 Å². The molecule has 2 amide bonds. The highest BCUT2D eigenvalue weighted by Crippen LogP contribution is 2.28. The number of rotatable bonds is 5. The molecule has 1 atom stereocenters. The second-order valence-electron chi connectivity index (χ2n) is 7.21. The second kappa shape index (κ2) is 9.53. The van der Waals surface area contributed by atoms with Crippen molar-refractivity contribution in [2.45, 2.75) is 25.8 Å². The van der Waals surface area contributed by atoms with Gasteiger partial charge in [-0.3, -0.25) is 14.5 Å². The fourth-order valence-corrected chi connectivity index (χ4v) is 4.13. The highest BCUT2D eigenvalue weighted by atomic mass is 35.5. The Labute approximate surface area is 165 Å². The topological polar surface area (TPSA) is 61.9 Å². The van der Waals surface area contributed by atoms with Crippen molar-refractivity contribution in [3.63, 3.8) is 0 Å². The van der Waals surface area contributed by atoms with E-state index in [1.165, 1.54) is 0 Å². The molecule has 0 radical (unpaired) electrons. The molecule has 1 aromatic rings. The Bertz CT molecular complexity index is 656. The monoisotopic (exact) mass is 393 g/mol. The second-order valence-corrected chi connectivity index (χ2v) is 7.62. The van der Waals surface area contributed by atoms with Crippen molar-refractivity contribution in [3.8, 4) is 0 Å². The largest absolute Gasteiger partial charge is 0.379 e. The lowest BCUT2D eigenvalue weighted by Crippen LogP contribution is -2.46. The van der Waals surface area contributed by atoms with Crippen LogP contribution in [0.4, 0.5) is 0 Å². The van der Waals surface area contributed by atoms with Crippen LogP contribution in [0.2, 0.25) is 5.02 Å². The van der Waals surface area contributed by atoms with Crippen LogP contribution in [0.25, 0.3) is 0 Å². The van der Waals surface area contributed by atoms with Crippen LogP contribution < -0.4 is 5.32 Å². The number of likely N-dealkylation sites (tertiary alicyclic amines) is 1. The number of nitrogens with one attached hydrogen (secondary N) is 1. The highest BCUT2D eigenvalue weighted by Gasteiger charge is 2.28. The first-order valence-electron chi connectivity index (χ1n) is 9.65. The van der Waals surface area contributed by atoms with Gasteiger partial charge in [0.05, 0.1) is 19.3 Å². The van der Waals surface area contributed by atoms with Crippen LogP contribution in [0.1, 0.15) is 31.4 Å². The summed E-state index contributed by atoms with van der Waals surface area (Å²) in [5.74, 6) is 0.126. The Balaban J connectivity index is 1.62. The van der Waals surface area contributed by atoms with Crippen molar-refractivity contribution in [1.82, 2.24) is 15.1 Å². The standard InChI is InChI=1S/C20H28ClN3O3/c1-15(25)23-8-6-16(7-9-23)20(26)22-14-19(24-10-12-27-13-11-24)17-4-2-3-5-18(17)21/h2-5,16,19H,6-14H2,1H3,(H,22,26)/t19-/m0/s1. The molecule has 6 nitrogen and oxygen atoms in total. The number of carbonyl (C=O) groups is 2. The Hall–Kier alpha value is -1.63. The Morgan fingerprint density at radius 1 is 1.19 bits per heavy atom. The summed E-state index contributed by atoms with van der Waals surface area (Å²) in [6.07, 6.45) is 1.44. The first-order valence-corrected chi connectivity index (χ1v) is 10.0. The molecule has 0 bridgehead atoms. The van der Waals surface area contributed by atoms with Gasteiger partial charge in [0, 0.05) is 50.6 Å². The van der Waals surface area contributed by atoms with Gasteiger partial charge in [0.2, 0.25) is 11.8 Å². The molecule has 0 spiro atoms. The van der Waals surface area contributed by atoms with Crippen LogP contribution in [0.5, 0.6) is 0 Å². The fourth-order valence-electron chi connectivity index (χ4n) is 3.87. The van der Waals surface area contributed by atoms with E-state index in [0.717, 1.165) is 36.5 Å². The zero-order valence-corrected chi connectivity index (χ0v) is 16.6. The van der Waals surface area contributed by atoms with Crippen LogP contribution in [0.15, 0.2) is 24.3 Å². The van der Waals surface area contributed by atoms with Gasteiger partial charge in [-0.15, -0.1) is 0 Å². The molecule has 0 unspecified atom stereocenters. The number of nitrogens with zero attached hydrogens (tertiary/aromatic N) is 2. The van der Waals surface area contributed by atoms with Crippen molar-refractivity contribution in [1.29, 1.82) is 0 Å². The molecule has 0 saturated carbocycles. The van der Waals surface area contributed by atoms with Gasteiger partial charge >= 0.3 is 0 Å². The van der Waals surface area contributed by atoms with Crippen molar-refractivity contribution in [3.05, 3.63) is 34.9 Å². The highest BCUT2D eigenvalue weighted by molar-refractivity contribution is 6.31. The number of carbonyl (C=O) groups excluding carboxylic acids is 2. The summed E-state index contributed by atoms with van der Waals surface area (Å²) < 4.78 is 5.47. The quantitative estimate of drug-likeness (QED) is 0.832. The third kappa shape index (κ3) is 5.21. The summed E-state index contributed by atoms with van der Waals surface area (Å²) >= 11 is 6.44. The van der Waals surface area contributed by atoms with Crippen LogP contribution in [0.3, 0.4) is 0 Å². The zero-order chi connectivity index (χ0) is 19.2. The van der Waals surface area contributed by atoms with E-state index >= 15 is 0 Å². The summed E-state index contributed by atoms with van der Waals surface area (Å²) in [4.78, 5) is 28.3. The number of benzene rings is 1. The first-order chi connectivity index (χ1) is 13.1. The van der Waals surface area contributed by atoms with Gasteiger partial charge in [0.1, 0.15) is 0 Å². The average molecular weight is 394 g/mol. The molecule has 0 aliphatic carbocycles. The van der Waals surface area contributed by atoms with Gasteiger partial charge in [0.25, 0.3) is 0 Å². The predicted molar refractivity (Wildman–Crippen MR) is 105 cm³/mol. The normalized spacial score (nSPS) is 20.3. The number of hydrogen-bond donors (Lipinski definition) is 1. The molecule has 3 rings (SSSR count). The van der Waals surface area contributed by atoms with Gasteiger partial charge in [-0.25, -0.2) is 0 Å². The molecule has 2 heterocycles. The van der Waals surface area contributed by atoms with Gasteiger partial charge in [0.15, 0.2) is 0 Å². The molecule has 0 aromatic heterocycles. The lowest BCUT2D eigenvalue weighted by Gasteiger charge is -2.36. The van der Waals surface area contributed by atoms with Crippen LogP contribution in [-0.4, -0.2) is 67.6 Å². The minimum absolute atomic E-state index is 0.0304. The van der Waals surface area contributed by atoms with Gasteiger partial charge in [-0.1, -0.05) is 29.8 Å². The molecule has 1 aromatic carbocycles. The molecule has 2 aliphatic heterocycles. The maximum Gasteiger partial charge on any atom is 0.223 e. The van der Waals surface area contributed by atoms with E-state index in [-0.39, 0.29) is 23.8 Å². The van der Waals surface area contributed by atoms with Crippen molar-refractivity contribution in [2.24, 2.45) is 5.92 Å². The number of hydrogen-bond acceptors (Lipinski definition) is 4. The third-order valence-electron chi connectivity index (χ3n) is 5.53. The van der Waals surface area contributed by atoms with Crippen molar-refractivity contribution < 1.29 is 14.3 Å². The summed E-state index contributed by atoms with van der Waals surface area (Å²) in [7, 11) is 0. The van der Waals surface area contributed by atoms with E-state index in [0.29, 0.717) is 32.8 Å². The van der Waals surface area contributed by atoms with Crippen LogP contribution >= 0.6 is 11.6 Å². The Kier molecular flexibility index (Phi) is 7.10. The summed E-state index contributed by atoms with van der Waals surface area (Å²) in [5.41, 5.74) is 1.03. The van der Waals surface area contributed by atoms with Gasteiger partial charge in [-0.05, 0) is 24.5 Å². The minimum atomic E-state index is -0.0304. The number of halogens is 1. The van der Waals surface area contributed by atoms with E-state index in [2.05, 4.69) is 10.2 Å². The van der Waals surface area contributed by atoms with E-state index in [1.807, 2.05) is 29.2 Å². The molecular weight excluding hydrogens is 366 g/mol. The molecule has 1 N–H and O–H groups in total. The molecule has 27 heavy (non-hydrogen) atoms. The van der Waals surface area contributed by atoms with E-state index in [9.17, 15) is 9.59 Å². The Morgan fingerprint density at radius 3 is 2.48 bits per heavy atom. The maximum absolute atomic E-state index is 12.7. The van der Waals surface area contributed by atoms with Crippen molar-refractivity contribution >= 4 is 23.4 Å². The van der Waals surface area contributed by atoms with Crippen LogP contribution in [0, 0.1) is 5.92 Å². The molecule has 7 heteroatoms. The number of amides is 2. The fraction of sp³-hybridized carbons (Fsp3) is 0.600. The van der Waals surface area contributed by atoms with E-state index < -0.39 is 0 Å². The van der Waals surface area contributed by atoms with E-state index in [1.54, 1.807) is 6.92 Å². The van der Waals surface area contributed by atoms with Gasteiger partial charge in [-0.2, -0.15) is 0 Å². The third-order valence-corrected chi connectivity index (χ3v) is 5.88. The predicted octanol–water partition coefficient (Wildman–Crippen LogP) is 2.09. The van der Waals surface area contributed by atoms with Gasteiger partial charge < -0.3 is 15.0 Å². The maximum atomic E-state index is 12.7. The number of piperidine rings is 1. The first kappa shape index (κ1) is 20.1. The molecule has 2 aliphatic rings. The zero-order valence-electron chi connectivity index (χ0n) is 15.8. The van der Waals surface area contributed by atoms with E-state index in [4.69, 9.17) is 16.3 Å². The molecule has 2 saturated heterocycles. The molecule has 2 fully saturated rings. The SMILES string of the molecule is CC(=O)N1CCC(C(=O)NC[C@@H](c2ccccc2Cl)N2CCOCC2)CC1. The summed E-state index contributed by atoms with van der Waals surface area (Å²) in [6.45, 7) is 6.45. The summed E-state index contributed by atoms with van der Waals surface area (Å²) in [5, 5.41) is 3.86.